The van der Waals surface area contributed by atoms with Gasteiger partial charge >= 0.3 is 0 Å². The normalized spacial score (nSPS) is 25.0. The second-order valence-electron chi connectivity index (χ2n) is 9.88. The van der Waals surface area contributed by atoms with E-state index in [-0.39, 0.29) is 23.3 Å². The van der Waals surface area contributed by atoms with E-state index in [0.29, 0.717) is 55.5 Å². The molecule has 1 N–H and O–H groups in total. The van der Waals surface area contributed by atoms with E-state index in [1.54, 1.807) is 13.0 Å². The molecule has 5 rings (SSSR count). The summed E-state index contributed by atoms with van der Waals surface area (Å²) in [4.78, 5) is 29.6. The number of hydrogen-bond donors (Lipinski definition) is 1. The maximum Gasteiger partial charge on any atom is 0.262 e. The lowest BCUT2D eigenvalue weighted by molar-refractivity contribution is -0.136. The zero-order valence-corrected chi connectivity index (χ0v) is 20.6. The zero-order chi connectivity index (χ0) is 23.9. The van der Waals surface area contributed by atoms with Crippen LogP contribution in [-0.4, -0.2) is 85.8 Å². The number of nitrogens with zero attached hydrogens (tertiary/aromatic N) is 3. The van der Waals surface area contributed by atoms with Crippen LogP contribution in [0.4, 0.5) is 5.69 Å². The highest BCUT2D eigenvalue weighted by Crippen LogP contribution is 2.36. The van der Waals surface area contributed by atoms with Gasteiger partial charge in [0.2, 0.25) is 15.9 Å². The Hall–Kier alpha value is -2.17. The number of nitrogens with one attached hydrogen (secondary N) is 1. The van der Waals surface area contributed by atoms with Crippen molar-refractivity contribution in [2.45, 2.75) is 68.8 Å². The SMILES string of the molecule is Cc1cc2c(cc1S(=O)(=O)N1CCC[C@@H]1C(=O)N1CCN(C3CCCCC3)CC1)OCC(=O)N2. The Morgan fingerprint density at radius 3 is 2.47 bits per heavy atom. The van der Waals surface area contributed by atoms with E-state index in [4.69, 9.17) is 4.74 Å². The first kappa shape index (κ1) is 23.6. The van der Waals surface area contributed by atoms with Gasteiger partial charge in [-0.15, -0.1) is 0 Å². The van der Waals surface area contributed by atoms with Crippen molar-refractivity contribution in [2.75, 3.05) is 44.6 Å². The van der Waals surface area contributed by atoms with Crippen LogP contribution in [0.3, 0.4) is 0 Å². The van der Waals surface area contributed by atoms with Gasteiger partial charge in [0.15, 0.2) is 6.61 Å². The molecule has 4 aliphatic rings. The highest BCUT2D eigenvalue weighted by Gasteiger charge is 2.42. The van der Waals surface area contributed by atoms with Crippen LogP contribution in [0.15, 0.2) is 17.0 Å². The molecule has 3 heterocycles. The van der Waals surface area contributed by atoms with Gasteiger partial charge in [-0.3, -0.25) is 14.5 Å². The summed E-state index contributed by atoms with van der Waals surface area (Å²) in [5, 5.41) is 2.71. The molecule has 3 aliphatic heterocycles. The van der Waals surface area contributed by atoms with Crippen LogP contribution in [0.1, 0.15) is 50.5 Å². The minimum absolute atomic E-state index is 0.0801. The molecule has 2 saturated heterocycles. The van der Waals surface area contributed by atoms with E-state index in [0.717, 1.165) is 13.1 Å². The number of carbonyl (C=O) groups is 2. The largest absolute Gasteiger partial charge is 0.482 e. The molecule has 0 radical (unpaired) electrons. The lowest BCUT2D eigenvalue weighted by Gasteiger charge is -2.41. The Balaban J connectivity index is 1.30. The van der Waals surface area contributed by atoms with Gasteiger partial charge < -0.3 is 15.0 Å². The van der Waals surface area contributed by atoms with Crippen molar-refractivity contribution < 1.29 is 22.7 Å². The van der Waals surface area contributed by atoms with Gasteiger partial charge in [0.25, 0.3) is 5.91 Å². The number of amides is 2. The number of anilines is 1. The summed E-state index contributed by atoms with van der Waals surface area (Å²) in [6.07, 6.45) is 7.60. The monoisotopic (exact) mass is 490 g/mol. The number of hydrogen-bond acceptors (Lipinski definition) is 6. The zero-order valence-electron chi connectivity index (χ0n) is 19.8. The summed E-state index contributed by atoms with van der Waals surface area (Å²) >= 11 is 0. The van der Waals surface area contributed by atoms with Crippen LogP contribution in [-0.2, 0) is 19.6 Å². The molecule has 0 unspecified atom stereocenters. The van der Waals surface area contributed by atoms with Crippen molar-refractivity contribution in [3.05, 3.63) is 17.7 Å². The van der Waals surface area contributed by atoms with E-state index in [1.807, 2.05) is 4.90 Å². The van der Waals surface area contributed by atoms with E-state index in [9.17, 15) is 18.0 Å². The number of piperazine rings is 1. The van der Waals surface area contributed by atoms with Gasteiger partial charge in [-0.25, -0.2) is 8.42 Å². The molecule has 0 aromatic heterocycles. The van der Waals surface area contributed by atoms with Gasteiger partial charge in [-0.2, -0.15) is 4.31 Å². The average molecular weight is 491 g/mol. The Morgan fingerprint density at radius 1 is 1.00 bits per heavy atom. The summed E-state index contributed by atoms with van der Waals surface area (Å²) in [6.45, 7) is 4.93. The van der Waals surface area contributed by atoms with Crippen LogP contribution in [0.25, 0.3) is 0 Å². The molecule has 1 aliphatic carbocycles. The summed E-state index contributed by atoms with van der Waals surface area (Å²) in [5.41, 5.74) is 0.987. The molecule has 34 heavy (non-hydrogen) atoms. The van der Waals surface area contributed by atoms with Crippen LogP contribution >= 0.6 is 0 Å². The Kier molecular flexibility index (Phi) is 6.56. The Morgan fingerprint density at radius 2 is 1.74 bits per heavy atom. The molecule has 9 nitrogen and oxygen atoms in total. The topological polar surface area (TPSA) is 99.3 Å². The fourth-order valence-corrected chi connectivity index (χ4v) is 7.73. The quantitative estimate of drug-likeness (QED) is 0.693. The second kappa shape index (κ2) is 9.47. The number of rotatable bonds is 4. The van der Waals surface area contributed by atoms with Crippen LogP contribution in [0.2, 0.25) is 0 Å². The molecule has 3 fully saturated rings. The summed E-state index contributed by atoms with van der Waals surface area (Å²) < 4.78 is 34.1. The number of fused-ring (bicyclic) bond motifs is 1. The number of sulfonamides is 1. The smallest absolute Gasteiger partial charge is 0.262 e. The van der Waals surface area contributed by atoms with E-state index >= 15 is 0 Å². The predicted molar refractivity (Wildman–Crippen MR) is 127 cm³/mol. The van der Waals surface area contributed by atoms with E-state index in [2.05, 4.69) is 10.2 Å². The number of aryl methyl sites for hydroxylation is 1. The van der Waals surface area contributed by atoms with Crippen molar-refractivity contribution in [3.63, 3.8) is 0 Å². The Bertz CT molecular complexity index is 1060. The third-order valence-electron chi connectivity index (χ3n) is 7.70. The minimum Gasteiger partial charge on any atom is -0.482 e. The van der Waals surface area contributed by atoms with Crippen LogP contribution in [0, 0.1) is 6.92 Å². The van der Waals surface area contributed by atoms with Crippen molar-refractivity contribution in [1.29, 1.82) is 0 Å². The molecular formula is C24H34N4O5S. The fraction of sp³-hybridized carbons (Fsp3) is 0.667. The summed E-state index contributed by atoms with van der Waals surface area (Å²) in [5.74, 6) is -0.00975. The first-order valence-corrected chi connectivity index (χ1v) is 13.9. The second-order valence-corrected chi connectivity index (χ2v) is 11.7. The maximum atomic E-state index is 13.7. The summed E-state index contributed by atoms with van der Waals surface area (Å²) in [6, 6.07) is 3.06. The fourth-order valence-electron chi connectivity index (χ4n) is 5.86. The molecule has 1 atom stereocenters. The average Bonchev–Trinajstić information content (AvgIpc) is 3.35. The lowest BCUT2D eigenvalue weighted by atomic mass is 9.94. The molecule has 10 heteroatoms. The molecule has 0 spiro atoms. The van der Waals surface area contributed by atoms with Gasteiger partial charge in [0.1, 0.15) is 11.8 Å². The highest BCUT2D eigenvalue weighted by atomic mass is 32.2. The number of benzene rings is 1. The number of carbonyl (C=O) groups excluding carboxylic acids is 2. The third-order valence-corrected chi connectivity index (χ3v) is 9.75. The molecule has 1 aromatic carbocycles. The van der Waals surface area contributed by atoms with Crippen molar-refractivity contribution in [2.24, 2.45) is 0 Å². The van der Waals surface area contributed by atoms with Gasteiger partial charge in [-0.1, -0.05) is 19.3 Å². The summed E-state index contributed by atoms with van der Waals surface area (Å²) in [7, 11) is -3.89. The third kappa shape index (κ3) is 4.43. The molecule has 2 amide bonds. The van der Waals surface area contributed by atoms with E-state index in [1.165, 1.54) is 42.5 Å². The molecule has 1 saturated carbocycles. The molecular weight excluding hydrogens is 456 g/mol. The van der Waals surface area contributed by atoms with Gasteiger partial charge in [-0.05, 0) is 44.2 Å². The molecule has 186 valence electrons. The lowest BCUT2D eigenvalue weighted by Crippen LogP contribution is -2.56. The standard InChI is InChI=1S/C24H34N4O5S/c1-17-14-19-21(33-16-23(29)25-19)15-22(17)34(31,32)28-9-5-8-20(28)24(30)27-12-10-26(11-13-27)18-6-3-2-4-7-18/h14-15,18,20H,2-13,16H2,1H3,(H,25,29)/t20-/m1/s1. The molecule has 0 bridgehead atoms. The highest BCUT2D eigenvalue weighted by molar-refractivity contribution is 7.89. The first-order valence-electron chi connectivity index (χ1n) is 12.5. The van der Waals surface area contributed by atoms with Crippen LogP contribution in [0.5, 0.6) is 5.75 Å². The first-order chi connectivity index (χ1) is 16.3. The van der Waals surface area contributed by atoms with Crippen molar-refractivity contribution in [1.82, 2.24) is 14.1 Å². The van der Waals surface area contributed by atoms with Crippen molar-refractivity contribution in [3.8, 4) is 5.75 Å². The minimum atomic E-state index is -3.89. The van der Waals surface area contributed by atoms with Crippen molar-refractivity contribution >= 4 is 27.5 Å². The molecule has 1 aromatic rings. The van der Waals surface area contributed by atoms with Crippen LogP contribution < -0.4 is 10.1 Å². The van der Waals surface area contributed by atoms with Gasteiger partial charge in [0.05, 0.1) is 10.6 Å². The van der Waals surface area contributed by atoms with E-state index < -0.39 is 16.1 Å². The Labute approximate surface area is 201 Å². The number of ether oxygens (including phenoxy) is 1. The maximum absolute atomic E-state index is 13.7. The van der Waals surface area contributed by atoms with Gasteiger partial charge in [0, 0.05) is 44.8 Å². The predicted octanol–water partition coefficient (Wildman–Crippen LogP) is 1.96.